The summed E-state index contributed by atoms with van der Waals surface area (Å²) < 4.78 is 20.7. The lowest BCUT2D eigenvalue weighted by molar-refractivity contribution is -0.220. The van der Waals surface area contributed by atoms with Gasteiger partial charge in [0.15, 0.2) is 0 Å². The van der Waals surface area contributed by atoms with Crippen molar-refractivity contribution in [1.29, 1.82) is 0 Å². The lowest BCUT2D eigenvalue weighted by Crippen LogP contribution is -2.63. The van der Waals surface area contributed by atoms with E-state index >= 15 is 0 Å². The number of esters is 4. The van der Waals surface area contributed by atoms with Gasteiger partial charge >= 0.3 is 23.9 Å². The van der Waals surface area contributed by atoms with Crippen LogP contribution >= 0.6 is 0 Å². The zero-order valence-electron chi connectivity index (χ0n) is 13.6. The third-order valence-corrected chi connectivity index (χ3v) is 3.35. The number of carbonyl (C=O) groups excluding carboxylic acids is 4. The monoisotopic (exact) mass is 331 g/mol. The van der Waals surface area contributed by atoms with Crippen LogP contribution in [0, 0.1) is 0 Å². The van der Waals surface area contributed by atoms with Crippen molar-refractivity contribution < 1.29 is 38.1 Å². The van der Waals surface area contributed by atoms with Crippen molar-refractivity contribution in [3.8, 4) is 0 Å². The lowest BCUT2D eigenvalue weighted by Gasteiger charge is -2.41. The molecule has 0 bridgehead atoms. The molecule has 2 atom stereocenters. The first kappa shape index (κ1) is 18.9. The Morgan fingerprint density at radius 3 is 1.35 bits per heavy atom. The predicted octanol–water partition coefficient (Wildman–Crippen LogP) is -0.680. The molecule has 1 fully saturated rings. The first-order valence-corrected chi connectivity index (χ1v) is 6.99. The molecule has 0 amide bonds. The van der Waals surface area contributed by atoms with Crippen molar-refractivity contribution in [2.75, 3.05) is 26.3 Å². The largest absolute Gasteiger partial charge is 0.461 e. The fourth-order valence-electron chi connectivity index (χ4n) is 2.46. The number of ether oxygens (including phenoxy) is 4. The number of nitrogens with one attached hydrogen (secondary N) is 1. The van der Waals surface area contributed by atoms with Crippen LogP contribution in [0.25, 0.3) is 0 Å². The normalized spacial score (nSPS) is 26.3. The first-order chi connectivity index (χ1) is 10.6. The van der Waals surface area contributed by atoms with Gasteiger partial charge in [0.25, 0.3) is 0 Å². The summed E-state index contributed by atoms with van der Waals surface area (Å²) in [5, 5.41) is 2.93. The lowest BCUT2D eigenvalue weighted by atomic mass is 9.86. The summed E-state index contributed by atoms with van der Waals surface area (Å²) >= 11 is 0. The Morgan fingerprint density at radius 2 is 1.09 bits per heavy atom. The highest BCUT2D eigenvalue weighted by atomic mass is 16.6. The maximum Gasteiger partial charge on any atom is 0.303 e. The van der Waals surface area contributed by atoms with E-state index in [1.807, 2.05) is 0 Å². The van der Waals surface area contributed by atoms with Crippen LogP contribution in [0.1, 0.15) is 27.7 Å². The average molecular weight is 331 g/mol. The zero-order chi connectivity index (χ0) is 17.7. The van der Waals surface area contributed by atoms with Crippen LogP contribution in [-0.4, -0.2) is 61.4 Å². The van der Waals surface area contributed by atoms with Gasteiger partial charge in [-0.15, -0.1) is 0 Å². The fourth-order valence-corrected chi connectivity index (χ4v) is 2.46. The summed E-state index contributed by atoms with van der Waals surface area (Å²) in [5.41, 5.74) is -2.99. The van der Waals surface area contributed by atoms with Gasteiger partial charge in [-0.3, -0.25) is 19.2 Å². The van der Waals surface area contributed by atoms with Crippen LogP contribution in [0.5, 0.6) is 0 Å². The van der Waals surface area contributed by atoms with E-state index in [1.54, 1.807) is 0 Å². The van der Waals surface area contributed by atoms with Gasteiger partial charge < -0.3 is 24.3 Å². The van der Waals surface area contributed by atoms with Crippen LogP contribution in [0.15, 0.2) is 0 Å². The average Bonchev–Trinajstić information content (AvgIpc) is 2.72. The second-order valence-electron chi connectivity index (χ2n) is 5.34. The minimum absolute atomic E-state index is 0.0639. The minimum atomic E-state index is -1.49. The second kappa shape index (κ2) is 7.40. The highest BCUT2D eigenvalue weighted by Crippen LogP contribution is 2.35. The highest BCUT2D eigenvalue weighted by Gasteiger charge is 2.62. The molecule has 23 heavy (non-hydrogen) atoms. The predicted molar refractivity (Wildman–Crippen MR) is 75.1 cm³/mol. The van der Waals surface area contributed by atoms with Crippen molar-refractivity contribution >= 4 is 23.9 Å². The Labute approximate surface area is 133 Å². The van der Waals surface area contributed by atoms with E-state index in [0.29, 0.717) is 0 Å². The Morgan fingerprint density at radius 1 is 0.739 bits per heavy atom. The summed E-state index contributed by atoms with van der Waals surface area (Å²) in [5.74, 6) is -2.49. The minimum Gasteiger partial charge on any atom is -0.461 e. The molecule has 9 heteroatoms. The standard InChI is InChI=1S/C14H21NO8/c1-9(16)20-7-13(22-11(3)18)5-15-6-14(13,23-12(4)19)8-21-10(2)17/h15H,5-8H2,1-4H3. The summed E-state index contributed by atoms with van der Waals surface area (Å²) in [6, 6.07) is 0. The van der Waals surface area contributed by atoms with Crippen molar-refractivity contribution in [2.24, 2.45) is 0 Å². The molecule has 0 aliphatic carbocycles. The highest BCUT2D eigenvalue weighted by molar-refractivity contribution is 5.70. The molecule has 1 aliphatic heterocycles. The smallest absolute Gasteiger partial charge is 0.303 e. The van der Waals surface area contributed by atoms with Crippen molar-refractivity contribution in [3.63, 3.8) is 0 Å². The Balaban J connectivity index is 3.21. The molecule has 0 saturated carbocycles. The van der Waals surface area contributed by atoms with E-state index in [2.05, 4.69) is 5.32 Å². The molecule has 2 unspecified atom stereocenters. The molecular formula is C14H21NO8. The Hall–Kier alpha value is -2.16. The van der Waals surface area contributed by atoms with Gasteiger partial charge in [0, 0.05) is 40.8 Å². The fraction of sp³-hybridized carbons (Fsp3) is 0.714. The number of hydrogen-bond donors (Lipinski definition) is 1. The molecule has 0 spiro atoms. The molecule has 0 aromatic carbocycles. The van der Waals surface area contributed by atoms with E-state index in [9.17, 15) is 19.2 Å². The van der Waals surface area contributed by atoms with Crippen molar-refractivity contribution in [2.45, 2.75) is 38.9 Å². The molecular weight excluding hydrogens is 310 g/mol. The Bertz CT molecular complexity index is 461. The van der Waals surface area contributed by atoms with E-state index < -0.39 is 35.1 Å². The van der Waals surface area contributed by atoms with Crippen LogP contribution in [-0.2, 0) is 38.1 Å². The molecule has 130 valence electrons. The maximum absolute atomic E-state index is 11.5. The van der Waals surface area contributed by atoms with E-state index in [0.717, 1.165) is 0 Å². The van der Waals surface area contributed by atoms with Gasteiger partial charge in [-0.2, -0.15) is 0 Å². The molecule has 0 aromatic rings. The van der Waals surface area contributed by atoms with Crippen LogP contribution in [0.2, 0.25) is 0 Å². The SMILES string of the molecule is CC(=O)OCC1(OC(C)=O)CNCC1(COC(C)=O)OC(C)=O. The zero-order valence-corrected chi connectivity index (χ0v) is 13.6. The molecule has 0 radical (unpaired) electrons. The second-order valence-corrected chi connectivity index (χ2v) is 5.34. The topological polar surface area (TPSA) is 117 Å². The first-order valence-electron chi connectivity index (χ1n) is 6.99. The van der Waals surface area contributed by atoms with Gasteiger partial charge in [-0.1, -0.05) is 0 Å². The van der Waals surface area contributed by atoms with Crippen LogP contribution < -0.4 is 5.32 Å². The summed E-state index contributed by atoms with van der Waals surface area (Å²) in [6.45, 7) is 4.19. The summed E-state index contributed by atoms with van der Waals surface area (Å²) in [4.78, 5) is 45.3. The summed E-state index contributed by atoms with van der Waals surface area (Å²) in [6.07, 6.45) is 0. The van der Waals surface area contributed by atoms with E-state index in [1.165, 1.54) is 27.7 Å². The van der Waals surface area contributed by atoms with Crippen molar-refractivity contribution in [3.05, 3.63) is 0 Å². The summed E-state index contributed by atoms with van der Waals surface area (Å²) in [7, 11) is 0. The third kappa shape index (κ3) is 4.65. The molecule has 1 aliphatic rings. The van der Waals surface area contributed by atoms with Gasteiger partial charge in [-0.25, -0.2) is 0 Å². The van der Waals surface area contributed by atoms with E-state index in [4.69, 9.17) is 18.9 Å². The number of carbonyl (C=O) groups is 4. The molecule has 1 N–H and O–H groups in total. The van der Waals surface area contributed by atoms with Gasteiger partial charge in [0.05, 0.1) is 0 Å². The molecule has 9 nitrogen and oxygen atoms in total. The van der Waals surface area contributed by atoms with Crippen molar-refractivity contribution in [1.82, 2.24) is 5.32 Å². The molecule has 1 saturated heterocycles. The van der Waals surface area contributed by atoms with Gasteiger partial charge in [-0.05, 0) is 0 Å². The quantitative estimate of drug-likeness (QED) is 0.499. The van der Waals surface area contributed by atoms with Crippen LogP contribution in [0.4, 0.5) is 0 Å². The van der Waals surface area contributed by atoms with Gasteiger partial charge in [0.2, 0.25) is 11.2 Å². The third-order valence-electron chi connectivity index (χ3n) is 3.35. The molecule has 1 rings (SSSR count). The maximum atomic E-state index is 11.5. The number of hydrogen-bond acceptors (Lipinski definition) is 9. The molecule has 0 aromatic heterocycles. The number of rotatable bonds is 6. The Kier molecular flexibility index (Phi) is 6.08. The molecule has 1 heterocycles. The van der Waals surface area contributed by atoms with Crippen LogP contribution in [0.3, 0.4) is 0 Å². The van der Waals surface area contributed by atoms with E-state index in [-0.39, 0.29) is 26.3 Å². The van der Waals surface area contributed by atoms with Gasteiger partial charge in [0.1, 0.15) is 13.2 Å².